The van der Waals surface area contributed by atoms with Gasteiger partial charge in [0.2, 0.25) is 0 Å². The van der Waals surface area contributed by atoms with E-state index in [2.05, 4.69) is 5.32 Å². The molecule has 0 saturated heterocycles. The number of carbonyl (C=O) groups is 2. The van der Waals surface area contributed by atoms with Crippen LogP contribution in [0, 0.1) is 13.8 Å². The zero-order valence-corrected chi connectivity index (χ0v) is 13.4. The number of hydrogen-bond acceptors (Lipinski definition) is 5. The van der Waals surface area contributed by atoms with Gasteiger partial charge in [-0.25, -0.2) is 4.79 Å². The van der Waals surface area contributed by atoms with Gasteiger partial charge in [-0.3, -0.25) is 4.79 Å². The zero-order chi connectivity index (χ0) is 16.3. The van der Waals surface area contributed by atoms with Crippen LogP contribution in [0.3, 0.4) is 0 Å². The number of aryl methyl sites for hydroxylation is 1. The summed E-state index contributed by atoms with van der Waals surface area (Å²) in [5.41, 5.74) is 1.61. The maximum Gasteiger partial charge on any atom is 0.341 e. The third-order valence-corrected chi connectivity index (χ3v) is 4.34. The van der Waals surface area contributed by atoms with E-state index in [4.69, 9.17) is 4.74 Å². The molecule has 22 heavy (non-hydrogen) atoms. The van der Waals surface area contributed by atoms with Crippen LogP contribution in [0.1, 0.15) is 38.1 Å². The number of thiophene rings is 1. The molecule has 1 amide bonds. The number of carbonyl (C=O) groups excluding carboxylic acids is 2. The third-order valence-electron chi connectivity index (χ3n) is 3.22. The standard InChI is InChI=1S/C16H17NO4S/c1-4-21-16(20)13-9(2)10(3)22-15(13)17-14(19)11-5-7-12(18)8-6-11/h5-8,18H,4H2,1-3H3,(H,17,19). The van der Waals surface area contributed by atoms with Gasteiger partial charge in [-0.15, -0.1) is 11.3 Å². The summed E-state index contributed by atoms with van der Waals surface area (Å²) in [6.07, 6.45) is 0. The molecule has 1 aromatic heterocycles. The Labute approximate surface area is 132 Å². The Balaban J connectivity index is 2.29. The number of benzene rings is 1. The zero-order valence-electron chi connectivity index (χ0n) is 12.6. The van der Waals surface area contributed by atoms with Gasteiger partial charge in [0.25, 0.3) is 5.91 Å². The molecule has 0 fully saturated rings. The Morgan fingerprint density at radius 2 is 1.86 bits per heavy atom. The third kappa shape index (κ3) is 3.28. The number of ether oxygens (including phenoxy) is 1. The largest absolute Gasteiger partial charge is 0.508 e. The molecule has 0 aliphatic rings. The van der Waals surface area contributed by atoms with E-state index >= 15 is 0 Å². The molecule has 5 nitrogen and oxygen atoms in total. The smallest absolute Gasteiger partial charge is 0.341 e. The summed E-state index contributed by atoms with van der Waals surface area (Å²) in [5.74, 6) is -0.691. The van der Waals surface area contributed by atoms with Gasteiger partial charge in [0, 0.05) is 10.4 Å². The van der Waals surface area contributed by atoms with Gasteiger partial charge >= 0.3 is 5.97 Å². The summed E-state index contributed by atoms with van der Waals surface area (Å²) in [5, 5.41) is 12.5. The molecule has 0 saturated carbocycles. The van der Waals surface area contributed by atoms with E-state index in [9.17, 15) is 14.7 Å². The van der Waals surface area contributed by atoms with Crippen LogP contribution in [0.2, 0.25) is 0 Å². The maximum absolute atomic E-state index is 12.2. The van der Waals surface area contributed by atoms with Gasteiger partial charge < -0.3 is 15.2 Å². The number of anilines is 1. The summed E-state index contributed by atoms with van der Waals surface area (Å²) in [6.45, 7) is 5.73. The molecule has 116 valence electrons. The number of phenolic OH excluding ortho intramolecular Hbond substituents is 1. The van der Waals surface area contributed by atoms with Crippen molar-refractivity contribution in [3.63, 3.8) is 0 Å². The monoisotopic (exact) mass is 319 g/mol. The highest BCUT2D eigenvalue weighted by molar-refractivity contribution is 7.16. The Morgan fingerprint density at radius 3 is 2.45 bits per heavy atom. The lowest BCUT2D eigenvalue weighted by Crippen LogP contribution is -2.14. The van der Waals surface area contributed by atoms with E-state index in [1.165, 1.54) is 35.6 Å². The molecular formula is C16H17NO4S. The SMILES string of the molecule is CCOC(=O)c1c(NC(=O)c2ccc(O)cc2)sc(C)c1C. The minimum absolute atomic E-state index is 0.0894. The summed E-state index contributed by atoms with van der Waals surface area (Å²) in [7, 11) is 0. The van der Waals surface area contributed by atoms with Crippen LogP contribution in [0.15, 0.2) is 24.3 Å². The van der Waals surface area contributed by atoms with Gasteiger partial charge in [-0.05, 0) is 50.6 Å². The van der Waals surface area contributed by atoms with E-state index in [0.29, 0.717) is 16.1 Å². The van der Waals surface area contributed by atoms with E-state index in [1.807, 2.05) is 13.8 Å². The topological polar surface area (TPSA) is 75.6 Å². The molecule has 0 aliphatic heterocycles. The molecule has 2 N–H and O–H groups in total. The van der Waals surface area contributed by atoms with Gasteiger partial charge in [0.15, 0.2) is 0 Å². The average molecular weight is 319 g/mol. The molecule has 0 atom stereocenters. The lowest BCUT2D eigenvalue weighted by atomic mass is 10.1. The first-order valence-corrected chi connectivity index (χ1v) is 7.63. The van der Waals surface area contributed by atoms with Crippen molar-refractivity contribution in [1.82, 2.24) is 0 Å². The Bertz CT molecular complexity index is 704. The average Bonchev–Trinajstić information content (AvgIpc) is 2.74. The van der Waals surface area contributed by atoms with Crippen molar-refractivity contribution in [3.8, 4) is 5.75 Å². The lowest BCUT2D eigenvalue weighted by Gasteiger charge is -2.07. The minimum Gasteiger partial charge on any atom is -0.508 e. The first-order valence-electron chi connectivity index (χ1n) is 6.81. The van der Waals surface area contributed by atoms with Crippen LogP contribution in [0.4, 0.5) is 5.00 Å². The fraction of sp³-hybridized carbons (Fsp3) is 0.250. The molecule has 1 aromatic carbocycles. The summed E-state index contributed by atoms with van der Waals surface area (Å²) < 4.78 is 5.05. The molecule has 2 aromatic rings. The van der Waals surface area contributed by atoms with Crippen LogP contribution < -0.4 is 5.32 Å². The van der Waals surface area contributed by atoms with Gasteiger partial charge in [-0.2, -0.15) is 0 Å². The molecule has 0 unspecified atom stereocenters. The fourth-order valence-corrected chi connectivity index (χ4v) is 3.00. The normalized spacial score (nSPS) is 10.3. The first kappa shape index (κ1) is 16.0. The number of rotatable bonds is 4. The van der Waals surface area contributed by atoms with Gasteiger partial charge in [0.05, 0.1) is 12.2 Å². The fourth-order valence-electron chi connectivity index (χ4n) is 1.95. The molecule has 1 heterocycles. The highest BCUT2D eigenvalue weighted by Gasteiger charge is 2.22. The number of nitrogens with one attached hydrogen (secondary N) is 1. The van der Waals surface area contributed by atoms with Crippen LogP contribution in [-0.2, 0) is 4.74 Å². The van der Waals surface area contributed by atoms with E-state index in [1.54, 1.807) is 6.92 Å². The van der Waals surface area contributed by atoms with E-state index in [0.717, 1.165) is 10.4 Å². The highest BCUT2D eigenvalue weighted by atomic mass is 32.1. The second-order valence-corrected chi connectivity index (χ2v) is 5.93. The molecule has 0 aliphatic carbocycles. The quantitative estimate of drug-likeness (QED) is 0.846. The van der Waals surface area contributed by atoms with Crippen molar-refractivity contribution < 1.29 is 19.4 Å². The number of aromatic hydroxyl groups is 1. The van der Waals surface area contributed by atoms with Crippen molar-refractivity contribution >= 4 is 28.2 Å². The van der Waals surface area contributed by atoms with Crippen molar-refractivity contribution in [2.45, 2.75) is 20.8 Å². The summed E-state index contributed by atoms with van der Waals surface area (Å²) in [4.78, 5) is 25.3. The van der Waals surface area contributed by atoms with Crippen molar-refractivity contribution in [3.05, 3.63) is 45.8 Å². The van der Waals surface area contributed by atoms with Crippen molar-refractivity contribution in [1.29, 1.82) is 0 Å². The molecular weight excluding hydrogens is 302 g/mol. The van der Waals surface area contributed by atoms with Crippen LogP contribution in [0.5, 0.6) is 5.75 Å². The Kier molecular flexibility index (Phi) is 4.82. The van der Waals surface area contributed by atoms with Crippen molar-refractivity contribution in [2.24, 2.45) is 0 Å². The van der Waals surface area contributed by atoms with Gasteiger partial charge in [-0.1, -0.05) is 0 Å². The number of hydrogen-bond donors (Lipinski definition) is 2. The molecule has 6 heteroatoms. The predicted molar refractivity (Wildman–Crippen MR) is 85.8 cm³/mol. The number of phenols is 1. The Hall–Kier alpha value is -2.34. The van der Waals surface area contributed by atoms with Gasteiger partial charge in [0.1, 0.15) is 10.8 Å². The Morgan fingerprint density at radius 1 is 1.23 bits per heavy atom. The van der Waals surface area contributed by atoms with Crippen molar-refractivity contribution in [2.75, 3.05) is 11.9 Å². The summed E-state index contributed by atoms with van der Waals surface area (Å²) >= 11 is 1.34. The number of esters is 1. The second kappa shape index (κ2) is 6.62. The van der Waals surface area contributed by atoms with Crippen LogP contribution in [0.25, 0.3) is 0 Å². The predicted octanol–water partition coefficient (Wildman–Crippen LogP) is 3.50. The maximum atomic E-state index is 12.2. The van der Waals surface area contributed by atoms with Crippen LogP contribution >= 0.6 is 11.3 Å². The van der Waals surface area contributed by atoms with Crippen LogP contribution in [-0.4, -0.2) is 23.6 Å². The molecule has 0 spiro atoms. The molecule has 0 bridgehead atoms. The summed E-state index contributed by atoms with van der Waals surface area (Å²) in [6, 6.07) is 5.90. The molecule has 0 radical (unpaired) electrons. The van der Waals surface area contributed by atoms with E-state index in [-0.39, 0.29) is 18.3 Å². The van der Waals surface area contributed by atoms with E-state index < -0.39 is 5.97 Å². The second-order valence-electron chi connectivity index (χ2n) is 4.71. The molecule has 2 rings (SSSR count). The first-order chi connectivity index (χ1) is 10.4. The lowest BCUT2D eigenvalue weighted by molar-refractivity contribution is 0.0527. The minimum atomic E-state index is -0.439. The number of amides is 1. The highest BCUT2D eigenvalue weighted by Crippen LogP contribution is 2.33.